The Labute approximate surface area is 174 Å². The van der Waals surface area contributed by atoms with Crippen LogP contribution in [0.2, 0.25) is 0 Å². The molecule has 0 spiro atoms. The van der Waals surface area contributed by atoms with Crippen molar-refractivity contribution >= 4 is 26.8 Å². The fraction of sp³-hybridized carbons (Fsp3) is 0.182. The van der Waals surface area contributed by atoms with Crippen LogP contribution in [0.3, 0.4) is 0 Å². The van der Waals surface area contributed by atoms with Crippen LogP contribution in [-0.2, 0) is 22.1 Å². The van der Waals surface area contributed by atoms with Crippen LogP contribution < -0.4 is 5.32 Å². The molecule has 0 fully saturated rings. The summed E-state index contributed by atoms with van der Waals surface area (Å²) in [7, 11) is -3.58. The molecular formula is C22H21N3O4S. The van der Waals surface area contributed by atoms with Crippen LogP contribution >= 0.6 is 0 Å². The third-order valence-corrected chi connectivity index (χ3v) is 6.55. The molecule has 1 amide bonds. The fourth-order valence-electron chi connectivity index (χ4n) is 3.40. The third kappa shape index (κ3) is 3.99. The number of sulfone groups is 1. The predicted molar refractivity (Wildman–Crippen MR) is 113 cm³/mol. The number of furan rings is 1. The Balaban J connectivity index is 1.44. The maximum atomic E-state index is 12.6. The van der Waals surface area contributed by atoms with Crippen molar-refractivity contribution in [3.8, 4) is 0 Å². The second-order valence-corrected chi connectivity index (χ2v) is 8.89. The van der Waals surface area contributed by atoms with Crippen LogP contribution in [0, 0.1) is 6.92 Å². The molecule has 0 saturated carbocycles. The zero-order valence-corrected chi connectivity index (χ0v) is 17.2. The highest BCUT2D eigenvalue weighted by molar-refractivity contribution is 7.90. The fourth-order valence-corrected chi connectivity index (χ4v) is 4.78. The Hall–Kier alpha value is -3.39. The molecule has 0 unspecified atom stereocenters. The number of imidazole rings is 1. The van der Waals surface area contributed by atoms with Gasteiger partial charge in [-0.3, -0.25) is 4.79 Å². The molecule has 4 aromatic rings. The van der Waals surface area contributed by atoms with E-state index in [0.29, 0.717) is 18.7 Å². The number of benzene rings is 2. The first-order valence-corrected chi connectivity index (χ1v) is 11.2. The average Bonchev–Trinajstić information content (AvgIpc) is 3.32. The molecule has 0 radical (unpaired) electrons. The lowest BCUT2D eigenvalue weighted by Crippen LogP contribution is -2.28. The van der Waals surface area contributed by atoms with Gasteiger partial charge in [-0.2, -0.15) is 0 Å². The smallest absolute Gasteiger partial charge is 0.287 e. The number of rotatable bonds is 7. The predicted octanol–water partition coefficient (Wildman–Crippen LogP) is 3.34. The lowest BCUT2D eigenvalue weighted by Gasteiger charge is -2.09. The highest BCUT2D eigenvalue weighted by atomic mass is 32.2. The van der Waals surface area contributed by atoms with Gasteiger partial charge in [0.1, 0.15) is 5.82 Å². The summed E-state index contributed by atoms with van der Waals surface area (Å²) in [4.78, 5) is 17.3. The number of carbonyl (C=O) groups is 1. The summed E-state index contributed by atoms with van der Waals surface area (Å²) in [6.07, 6.45) is 1.33. The molecular weight excluding hydrogens is 402 g/mol. The second-order valence-electron chi connectivity index (χ2n) is 6.90. The minimum absolute atomic E-state index is 0.0155. The number of nitrogens with one attached hydrogen (secondary N) is 1. The standard InChI is InChI=1S/C22H21N3O4S/c1-16-24-19-9-5-6-10-20(19)25(16)13-12-23-22(26)21-17(11-14-29-21)15-30(27,28)18-7-3-2-4-8-18/h2-11,14H,12-13,15H2,1H3,(H,23,26). The summed E-state index contributed by atoms with van der Waals surface area (Å²) < 4.78 is 32.6. The van der Waals surface area contributed by atoms with Gasteiger partial charge in [0.2, 0.25) is 0 Å². The summed E-state index contributed by atoms with van der Waals surface area (Å²) in [5, 5.41) is 2.81. The number of hydrogen-bond donors (Lipinski definition) is 1. The van der Waals surface area contributed by atoms with Crippen LogP contribution in [0.15, 0.2) is 76.2 Å². The first-order chi connectivity index (χ1) is 14.5. The van der Waals surface area contributed by atoms with E-state index in [4.69, 9.17) is 4.42 Å². The number of aryl methyl sites for hydroxylation is 1. The molecule has 4 rings (SSSR count). The van der Waals surface area contributed by atoms with Crippen molar-refractivity contribution in [2.45, 2.75) is 24.1 Å². The molecule has 1 N–H and O–H groups in total. The van der Waals surface area contributed by atoms with Crippen molar-refractivity contribution in [3.63, 3.8) is 0 Å². The minimum Gasteiger partial charge on any atom is -0.459 e. The summed E-state index contributed by atoms with van der Waals surface area (Å²) in [6, 6.07) is 17.5. The van der Waals surface area contributed by atoms with E-state index < -0.39 is 15.7 Å². The van der Waals surface area contributed by atoms with Gasteiger partial charge in [0, 0.05) is 18.7 Å². The average molecular weight is 423 g/mol. The number of hydrogen-bond acceptors (Lipinski definition) is 5. The molecule has 30 heavy (non-hydrogen) atoms. The van der Waals surface area contributed by atoms with Gasteiger partial charge in [0.25, 0.3) is 5.91 Å². The van der Waals surface area contributed by atoms with E-state index in [9.17, 15) is 13.2 Å². The maximum Gasteiger partial charge on any atom is 0.287 e. The molecule has 0 aliphatic carbocycles. The number of amides is 1. The monoisotopic (exact) mass is 423 g/mol. The molecule has 0 atom stereocenters. The molecule has 8 heteroatoms. The van der Waals surface area contributed by atoms with Crippen molar-refractivity contribution < 1.29 is 17.6 Å². The zero-order valence-electron chi connectivity index (χ0n) is 16.4. The van der Waals surface area contributed by atoms with E-state index in [1.165, 1.54) is 24.5 Å². The SMILES string of the molecule is Cc1nc2ccccc2n1CCNC(=O)c1occc1CS(=O)(=O)c1ccccc1. The van der Waals surface area contributed by atoms with Crippen LogP contribution in [-0.4, -0.2) is 30.4 Å². The van der Waals surface area contributed by atoms with E-state index >= 15 is 0 Å². The highest BCUT2D eigenvalue weighted by Gasteiger charge is 2.22. The first kappa shape index (κ1) is 19.9. The van der Waals surface area contributed by atoms with E-state index in [1.54, 1.807) is 18.2 Å². The van der Waals surface area contributed by atoms with Crippen LogP contribution in [0.25, 0.3) is 11.0 Å². The zero-order chi connectivity index (χ0) is 21.1. The Morgan fingerprint density at radius 1 is 1.07 bits per heavy atom. The molecule has 2 aromatic heterocycles. The van der Waals surface area contributed by atoms with Crippen molar-refractivity contribution in [2.75, 3.05) is 6.54 Å². The van der Waals surface area contributed by atoms with Crippen molar-refractivity contribution in [1.29, 1.82) is 0 Å². The molecule has 154 valence electrons. The van der Waals surface area contributed by atoms with Gasteiger partial charge >= 0.3 is 0 Å². The van der Waals surface area contributed by atoms with Crippen molar-refractivity contribution in [1.82, 2.24) is 14.9 Å². The van der Waals surface area contributed by atoms with E-state index in [0.717, 1.165) is 16.9 Å². The molecule has 0 aliphatic heterocycles. The van der Waals surface area contributed by atoms with Gasteiger partial charge in [-0.25, -0.2) is 13.4 Å². The van der Waals surface area contributed by atoms with Gasteiger partial charge in [-0.05, 0) is 37.3 Å². The summed E-state index contributed by atoms with van der Waals surface area (Å²) in [5.74, 6) is 0.127. The molecule has 2 heterocycles. The molecule has 0 bridgehead atoms. The first-order valence-electron chi connectivity index (χ1n) is 9.50. The lowest BCUT2D eigenvalue weighted by molar-refractivity contribution is 0.0923. The quantitative estimate of drug-likeness (QED) is 0.492. The lowest BCUT2D eigenvalue weighted by atomic mass is 10.2. The molecule has 7 nitrogen and oxygen atoms in total. The van der Waals surface area contributed by atoms with E-state index in [2.05, 4.69) is 10.3 Å². The number of carbonyl (C=O) groups excluding carboxylic acids is 1. The van der Waals surface area contributed by atoms with Crippen LogP contribution in [0.1, 0.15) is 21.9 Å². The molecule has 0 saturated heterocycles. The van der Waals surface area contributed by atoms with E-state index in [-0.39, 0.29) is 16.4 Å². The number of fused-ring (bicyclic) bond motifs is 1. The van der Waals surface area contributed by atoms with Gasteiger partial charge < -0.3 is 14.3 Å². The summed E-state index contributed by atoms with van der Waals surface area (Å²) in [6.45, 7) is 2.81. The molecule has 2 aromatic carbocycles. The summed E-state index contributed by atoms with van der Waals surface area (Å²) in [5.41, 5.74) is 2.23. The van der Waals surface area contributed by atoms with Gasteiger partial charge in [0.05, 0.1) is 27.9 Å². The number of aromatic nitrogens is 2. The Kier molecular flexibility index (Phi) is 5.41. The minimum atomic E-state index is -3.58. The van der Waals surface area contributed by atoms with Gasteiger partial charge in [0.15, 0.2) is 15.6 Å². The van der Waals surface area contributed by atoms with Crippen LogP contribution in [0.4, 0.5) is 0 Å². The van der Waals surface area contributed by atoms with Crippen LogP contribution in [0.5, 0.6) is 0 Å². The number of nitrogens with zero attached hydrogens (tertiary/aromatic N) is 2. The normalized spacial score (nSPS) is 11.6. The largest absolute Gasteiger partial charge is 0.459 e. The Morgan fingerprint density at radius 3 is 2.60 bits per heavy atom. The molecule has 0 aliphatic rings. The maximum absolute atomic E-state index is 12.6. The van der Waals surface area contributed by atoms with Crippen molar-refractivity contribution in [2.24, 2.45) is 0 Å². The summed E-state index contributed by atoms with van der Waals surface area (Å²) >= 11 is 0. The van der Waals surface area contributed by atoms with Crippen molar-refractivity contribution in [3.05, 3.63) is 84.1 Å². The Morgan fingerprint density at radius 2 is 1.80 bits per heavy atom. The highest BCUT2D eigenvalue weighted by Crippen LogP contribution is 2.20. The second kappa shape index (κ2) is 8.16. The Bertz CT molecular complexity index is 1290. The topological polar surface area (TPSA) is 94.2 Å². The van der Waals surface area contributed by atoms with E-state index in [1.807, 2.05) is 35.8 Å². The van der Waals surface area contributed by atoms with Gasteiger partial charge in [-0.15, -0.1) is 0 Å². The number of para-hydroxylation sites is 2. The van der Waals surface area contributed by atoms with Gasteiger partial charge in [-0.1, -0.05) is 30.3 Å². The third-order valence-electron chi connectivity index (χ3n) is 4.87.